The molecule has 0 N–H and O–H groups in total. The van der Waals surface area contributed by atoms with Gasteiger partial charge in [0.2, 0.25) is 0 Å². The van der Waals surface area contributed by atoms with Crippen LogP contribution in [0.25, 0.3) is 11.8 Å². The highest BCUT2D eigenvalue weighted by atomic mass is 32.1. The number of rotatable bonds is 8. The zero-order valence-corrected chi connectivity index (χ0v) is 26.0. The van der Waals surface area contributed by atoms with Crippen molar-refractivity contribution in [2.75, 3.05) is 13.7 Å². The van der Waals surface area contributed by atoms with Crippen LogP contribution < -0.4 is 24.4 Å². The molecule has 4 aromatic rings. The van der Waals surface area contributed by atoms with Crippen LogP contribution in [0, 0.1) is 19.7 Å². The van der Waals surface area contributed by atoms with Crippen molar-refractivity contribution in [3.05, 3.63) is 108 Å². The number of methoxy groups -OCH3 is 1. The molecule has 0 aliphatic carbocycles. The summed E-state index contributed by atoms with van der Waals surface area (Å²) in [5.41, 5.74) is 4.66. The summed E-state index contributed by atoms with van der Waals surface area (Å²) >= 11 is 1.26. The van der Waals surface area contributed by atoms with Gasteiger partial charge in [-0.05, 0) is 101 Å². The Morgan fingerprint density at radius 1 is 1.09 bits per heavy atom. The molecule has 43 heavy (non-hydrogen) atoms. The first-order chi connectivity index (χ1) is 20.5. The maximum Gasteiger partial charge on any atom is 0.338 e. The lowest BCUT2D eigenvalue weighted by Gasteiger charge is -2.25. The van der Waals surface area contributed by atoms with Gasteiger partial charge < -0.3 is 18.8 Å². The molecule has 0 saturated heterocycles. The SMILES string of the molecule is CCOC(=O)C1=C(C)N=c2s/c(=C/c3cc(C)n(-c4ccc(F)cc4)c3C)c(=O)n2[C@@H]1c1ccc(OC(C)C)c(OC)c1. The van der Waals surface area contributed by atoms with E-state index in [1.807, 2.05) is 50.5 Å². The van der Waals surface area contributed by atoms with Crippen molar-refractivity contribution < 1.29 is 23.4 Å². The first-order valence-corrected chi connectivity index (χ1v) is 14.8. The monoisotopic (exact) mass is 603 g/mol. The summed E-state index contributed by atoms with van der Waals surface area (Å²) in [6.07, 6.45) is 1.77. The van der Waals surface area contributed by atoms with Crippen molar-refractivity contribution in [2.45, 2.75) is 53.7 Å². The van der Waals surface area contributed by atoms with Crippen LogP contribution in [-0.2, 0) is 9.53 Å². The van der Waals surface area contributed by atoms with Crippen molar-refractivity contribution >= 4 is 23.4 Å². The van der Waals surface area contributed by atoms with E-state index in [1.165, 1.54) is 23.5 Å². The normalized spacial score (nSPS) is 15.0. The average molecular weight is 604 g/mol. The highest BCUT2D eigenvalue weighted by Crippen LogP contribution is 2.36. The Bertz CT molecular complexity index is 1910. The fraction of sp³-hybridized carbons (Fsp3) is 0.303. The lowest BCUT2D eigenvalue weighted by Crippen LogP contribution is -2.40. The minimum absolute atomic E-state index is 0.0697. The van der Waals surface area contributed by atoms with Gasteiger partial charge in [0, 0.05) is 17.1 Å². The van der Waals surface area contributed by atoms with E-state index >= 15 is 0 Å². The molecule has 2 aromatic carbocycles. The smallest absolute Gasteiger partial charge is 0.338 e. The largest absolute Gasteiger partial charge is 0.493 e. The van der Waals surface area contributed by atoms with Crippen LogP contribution in [0.3, 0.4) is 0 Å². The molecule has 1 aliphatic heterocycles. The van der Waals surface area contributed by atoms with Crippen molar-refractivity contribution in [1.29, 1.82) is 0 Å². The number of benzene rings is 2. The van der Waals surface area contributed by atoms with Crippen LogP contribution in [0.1, 0.15) is 56.3 Å². The Balaban J connectivity index is 1.69. The number of hydrogen-bond donors (Lipinski definition) is 0. The van der Waals surface area contributed by atoms with Crippen LogP contribution in [0.4, 0.5) is 4.39 Å². The number of esters is 1. The summed E-state index contributed by atoms with van der Waals surface area (Å²) in [4.78, 5) is 32.5. The van der Waals surface area contributed by atoms with Crippen molar-refractivity contribution in [2.24, 2.45) is 4.99 Å². The number of halogens is 1. The van der Waals surface area contributed by atoms with Crippen LogP contribution >= 0.6 is 11.3 Å². The second-order valence-electron chi connectivity index (χ2n) is 10.5. The molecular formula is C33H34FN3O5S. The fourth-order valence-corrected chi connectivity index (χ4v) is 6.41. The van der Waals surface area contributed by atoms with Gasteiger partial charge in [-0.25, -0.2) is 14.2 Å². The third-order valence-electron chi connectivity index (χ3n) is 7.22. The number of carbonyl (C=O) groups is 1. The van der Waals surface area contributed by atoms with Gasteiger partial charge in [-0.3, -0.25) is 9.36 Å². The molecule has 1 atom stereocenters. The highest BCUT2D eigenvalue weighted by molar-refractivity contribution is 7.07. The van der Waals surface area contributed by atoms with Gasteiger partial charge >= 0.3 is 5.97 Å². The standard InChI is InChI=1S/C33H34FN3O5S/c1-8-41-32(39)29-20(5)35-33-37(30(29)22-9-14-26(42-18(2)3)27(16-22)40-7)31(38)28(43-33)17-23-15-19(4)36(21(23)6)25-12-10-24(34)11-13-25/h9-18,30H,8H2,1-7H3/b28-17+/t30-/m1/s1. The van der Waals surface area contributed by atoms with Crippen LogP contribution in [0.5, 0.6) is 11.5 Å². The van der Waals surface area contributed by atoms with Gasteiger partial charge in [-0.15, -0.1) is 0 Å². The quantitative estimate of drug-likeness (QED) is 0.261. The van der Waals surface area contributed by atoms with Gasteiger partial charge in [-0.2, -0.15) is 0 Å². The van der Waals surface area contributed by atoms with Gasteiger partial charge in [0.25, 0.3) is 5.56 Å². The van der Waals surface area contributed by atoms with Gasteiger partial charge in [0.05, 0.1) is 41.7 Å². The average Bonchev–Trinajstić information content (AvgIpc) is 3.42. The number of ether oxygens (including phenoxy) is 3. The Hall–Kier alpha value is -4.44. The molecule has 0 radical (unpaired) electrons. The van der Waals surface area contributed by atoms with Gasteiger partial charge in [0.15, 0.2) is 16.3 Å². The Morgan fingerprint density at radius 2 is 1.81 bits per heavy atom. The molecule has 0 fully saturated rings. The second kappa shape index (κ2) is 12.0. The third-order valence-corrected chi connectivity index (χ3v) is 8.21. The van der Waals surface area contributed by atoms with E-state index in [4.69, 9.17) is 14.2 Å². The van der Waals surface area contributed by atoms with Crippen molar-refractivity contribution in [3.63, 3.8) is 0 Å². The zero-order valence-electron chi connectivity index (χ0n) is 25.2. The number of allylic oxidation sites excluding steroid dienone is 1. The Kier molecular flexibility index (Phi) is 8.41. The van der Waals surface area contributed by atoms with E-state index in [1.54, 1.807) is 49.8 Å². The summed E-state index contributed by atoms with van der Waals surface area (Å²) in [6.45, 7) is 11.4. The molecule has 3 heterocycles. The topological polar surface area (TPSA) is 84.1 Å². The second-order valence-corrected chi connectivity index (χ2v) is 11.5. The predicted molar refractivity (Wildman–Crippen MR) is 164 cm³/mol. The van der Waals surface area contributed by atoms with Crippen molar-refractivity contribution in [1.82, 2.24) is 9.13 Å². The van der Waals surface area contributed by atoms with E-state index in [0.29, 0.717) is 32.1 Å². The maximum atomic E-state index is 14.1. The van der Waals surface area contributed by atoms with Crippen LogP contribution in [-0.4, -0.2) is 34.9 Å². The van der Waals surface area contributed by atoms with Gasteiger partial charge in [0.1, 0.15) is 5.82 Å². The van der Waals surface area contributed by atoms with E-state index in [-0.39, 0.29) is 29.7 Å². The molecule has 10 heteroatoms. The summed E-state index contributed by atoms with van der Waals surface area (Å²) in [7, 11) is 1.55. The molecule has 2 aromatic heterocycles. The molecule has 0 bridgehead atoms. The molecular weight excluding hydrogens is 569 g/mol. The highest BCUT2D eigenvalue weighted by Gasteiger charge is 2.34. The molecule has 8 nitrogen and oxygen atoms in total. The Morgan fingerprint density at radius 3 is 2.47 bits per heavy atom. The number of fused-ring (bicyclic) bond motifs is 1. The number of carbonyl (C=O) groups excluding carboxylic acids is 1. The summed E-state index contributed by atoms with van der Waals surface area (Å²) in [5, 5.41) is 0. The lowest BCUT2D eigenvalue weighted by atomic mass is 9.95. The number of aromatic nitrogens is 2. The van der Waals surface area contributed by atoms with Gasteiger partial charge in [-0.1, -0.05) is 17.4 Å². The summed E-state index contributed by atoms with van der Waals surface area (Å²) < 4.78 is 34.5. The lowest BCUT2D eigenvalue weighted by molar-refractivity contribution is -0.139. The number of thiazole rings is 1. The number of nitrogens with zero attached hydrogens (tertiary/aromatic N) is 3. The minimum Gasteiger partial charge on any atom is -0.493 e. The summed E-state index contributed by atoms with van der Waals surface area (Å²) in [5.74, 6) is 0.203. The maximum absolute atomic E-state index is 14.1. The van der Waals surface area contributed by atoms with Crippen LogP contribution in [0.2, 0.25) is 0 Å². The van der Waals surface area contributed by atoms with Crippen molar-refractivity contribution in [3.8, 4) is 17.2 Å². The zero-order chi connectivity index (χ0) is 31.0. The number of aryl methyl sites for hydroxylation is 1. The Labute approximate surface area is 253 Å². The predicted octanol–water partition coefficient (Wildman–Crippen LogP) is 5.14. The van der Waals surface area contributed by atoms with E-state index < -0.39 is 12.0 Å². The number of hydrogen-bond acceptors (Lipinski definition) is 7. The summed E-state index contributed by atoms with van der Waals surface area (Å²) in [6, 6.07) is 12.9. The first-order valence-electron chi connectivity index (χ1n) is 14.0. The minimum atomic E-state index is -0.786. The van der Waals surface area contributed by atoms with E-state index in [0.717, 1.165) is 22.6 Å². The molecule has 224 valence electrons. The third kappa shape index (κ3) is 5.67. The molecule has 5 rings (SSSR count). The molecule has 0 spiro atoms. The first kappa shape index (κ1) is 30.0. The molecule has 0 amide bonds. The molecule has 1 aliphatic rings. The van der Waals surface area contributed by atoms with E-state index in [2.05, 4.69) is 4.99 Å². The fourth-order valence-electron chi connectivity index (χ4n) is 5.37. The van der Waals surface area contributed by atoms with Crippen LogP contribution in [0.15, 0.2) is 69.6 Å². The molecule has 0 saturated carbocycles. The van der Waals surface area contributed by atoms with E-state index in [9.17, 15) is 14.0 Å². The molecule has 0 unspecified atom stereocenters.